The van der Waals surface area contributed by atoms with Gasteiger partial charge in [0.05, 0.1) is 25.5 Å². The van der Waals surface area contributed by atoms with Gasteiger partial charge in [-0.25, -0.2) is 9.67 Å². The van der Waals surface area contributed by atoms with Crippen LogP contribution >= 0.6 is 11.6 Å². The summed E-state index contributed by atoms with van der Waals surface area (Å²) in [5, 5.41) is 11.9. The minimum Gasteiger partial charge on any atom is -0.482 e. The van der Waals surface area contributed by atoms with Crippen molar-refractivity contribution in [2.24, 2.45) is 5.92 Å². The van der Waals surface area contributed by atoms with Crippen molar-refractivity contribution >= 4 is 29.2 Å². The fourth-order valence-corrected chi connectivity index (χ4v) is 3.78. The van der Waals surface area contributed by atoms with Crippen LogP contribution in [0.1, 0.15) is 31.0 Å². The largest absolute Gasteiger partial charge is 0.482 e. The maximum absolute atomic E-state index is 6.39. The van der Waals surface area contributed by atoms with E-state index in [1.807, 2.05) is 11.6 Å². The zero-order chi connectivity index (χ0) is 17.7. The lowest BCUT2D eigenvalue weighted by atomic mass is 9.93. The average Bonchev–Trinajstić information content (AvgIpc) is 3.13. The van der Waals surface area contributed by atoms with Crippen molar-refractivity contribution in [3.05, 3.63) is 16.9 Å². The van der Waals surface area contributed by atoms with Gasteiger partial charge in [0.25, 0.3) is 0 Å². The topological polar surface area (TPSA) is 86.1 Å². The molecule has 1 saturated carbocycles. The normalized spacial score (nSPS) is 25.0. The van der Waals surface area contributed by atoms with Gasteiger partial charge in [-0.3, -0.25) is 0 Å². The number of halogens is 1. The molecule has 2 aromatic heterocycles. The van der Waals surface area contributed by atoms with Gasteiger partial charge in [0.1, 0.15) is 16.8 Å². The van der Waals surface area contributed by atoms with Crippen LogP contribution in [0.15, 0.2) is 6.20 Å². The first-order chi connectivity index (χ1) is 12.7. The van der Waals surface area contributed by atoms with Crippen LogP contribution in [0.3, 0.4) is 0 Å². The quantitative estimate of drug-likeness (QED) is 0.791. The monoisotopic (exact) mass is 376 g/mol. The predicted octanol–water partition coefficient (Wildman–Crippen LogP) is 2.92. The Morgan fingerprint density at radius 1 is 1.31 bits per heavy atom. The lowest BCUT2D eigenvalue weighted by molar-refractivity contribution is 0.137. The minimum absolute atomic E-state index is 0.0379. The van der Waals surface area contributed by atoms with Gasteiger partial charge in [-0.05, 0) is 26.2 Å². The molecule has 2 N–H and O–H groups in total. The number of fused-ring (bicyclic) bond motifs is 4. The number of rotatable bonds is 1. The number of ether oxygens (including phenoxy) is 2. The van der Waals surface area contributed by atoms with Crippen LogP contribution in [0.25, 0.3) is 0 Å². The molecule has 2 aliphatic heterocycles. The van der Waals surface area contributed by atoms with Crippen molar-refractivity contribution in [3.8, 4) is 5.75 Å². The number of anilines is 3. The Bertz CT molecular complexity index is 837. The fraction of sp³-hybridized carbons (Fsp3) is 0.588. The van der Waals surface area contributed by atoms with E-state index < -0.39 is 0 Å². The summed E-state index contributed by atoms with van der Waals surface area (Å²) in [4.78, 5) is 8.86. The molecule has 0 aromatic carbocycles. The number of nitrogens with one attached hydrogen (secondary N) is 2. The number of nitrogens with zero attached hydrogens (tertiary/aromatic N) is 4. The van der Waals surface area contributed by atoms with Crippen LogP contribution in [0, 0.1) is 12.8 Å². The average molecular weight is 377 g/mol. The molecule has 2 fully saturated rings. The molecule has 2 bridgehead atoms. The highest BCUT2D eigenvalue weighted by molar-refractivity contribution is 6.32. The highest BCUT2D eigenvalue weighted by atomic mass is 35.5. The zero-order valence-electron chi connectivity index (χ0n) is 14.5. The molecule has 2 aromatic rings. The van der Waals surface area contributed by atoms with Crippen LogP contribution in [-0.2, 0) is 4.74 Å². The Hall–Kier alpha value is -2.06. The Kier molecular flexibility index (Phi) is 3.90. The number of hydrogen-bond acceptors (Lipinski definition) is 7. The Labute approximate surface area is 156 Å². The SMILES string of the molecule is Cc1nn(C2CCC2)c2c1O[C@@H]1COC[C@@H]1CNc1nc(ncc1Cl)N2. The first kappa shape index (κ1) is 16.1. The van der Waals surface area contributed by atoms with Crippen molar-refractivity contribution < 1.29 is 9.47 Å². The van der Waals surface area contributed by atoms with E-state index >= 15 is 0 Å². The molecule has 3 aliphatic rings. The van der Waals surface area contributed by atoms with E-state index in [0.29, 0.717) is 42.6 Å². The van der Waals surface area contributed by atoms with Crippen molar-refractivity contribution in [1.29, 1.82) is 0 Å². The summed E-state index contributed by atoms with van der Waals surface area (Å²) in [5.74, 6) is 2.88. The molecule has 8 nitrogen and oxygen atoms in total. The van der Waals surface area contributed by atoms with Crippen LogP contribution in [0.2, 0.25) is 5.02 Å². The van der Waals surface area contributed by atoms with Gasteiger partial charge in [0, 0.05) is 12.5 Å². The molecule has 138 valence electrons. The molecule has 0 radical (unpaired) electrons. The van der Waals surface area contributed by atoms with Crippen LogP contribution in [0.5, 0.6) is 5.75 Å². The highest BCUT2D eigenvalue weighted by Crippen LogP contribution is 2.41. The summed E-state index contributed by atoms with van der Waals surface area (Å²) < 4.78 is 14.1. The predicted molar refractivity (Wildman–Crippen MR) is 97.4 cm³/mol. The summed E-state index contributed by atoms with van der Waals surface area (Å²) >= 11 is 6.26. The Morgan fingerprint density at radius 2 is 2.19 bits per heavy atom. The second-order valence-electron chi connectivity index (χ2n) is 7.14. The molecule has 9 heteroatoms. The standard InChI is InChI=1S/C17H21ClN6O2/c1-9-14-16(24(23-9)11-3-2-4-11)22-17-20-6-12(18)15(21-17)19-5-10-7-25-8-13(10)26-14/h6,10-11,13H,2-5,7-8H2,1H3,(H2,19,20,21,22)/t10-,13+/m0/s1. The maximum Gasteiger partial charge on any atom is 0.230 e. The smallest absolute Gasteiger partial charge is 0.230 e. The summed E-state index contributed by atoms with van der Waals surface area (Å²) in [5.41, 5.74) is 0.867. The molecule has 1 aliphatic carbocycles. The molecule has 2 atom stereocenters. The van der Waals surface area contributed by atoms with Gasteiger partial charge in [-0.2, -0.15) is 10.1 Å². The van der Waals surface area contributed by atoms with E-state index in [1.54, 1.807) is 6.20 Å². The number of aromatic nitrogens is 4. The second kappa shape index (κ2) is 6.28. The molecular formula is C17H21ClN6O2. The van der Waals surface area contributed by atoms with Crippen molar-refractivity contribution in [3.63, 3.8) is 0 Å². The third-order valence-corrected chi connectivity index (χ3v) is 5.64. The fourth-order valence-electron chi connectivity index (χ4n) is 3.62. The van der Waals surface area contributed by atoms with Gasteiger partial charge in [0.2, 0.25) is 5.95 Å². The van der Waals surface area contributed by atoms with E-state index in [-0.39, 0.29) is 12.0 Å². The molecular weight excluding hydrogens is 356 g/mol. The zero-order valence-corrected chi connectivity index (χ0v) is 15.3. The van der Waals surface area contributed by atoms with Crippen molar-refractivity contribution in [2.75, 3.05) is 30.4 Å². The second-order valence-corrected chi connectivity index (χ2v) is 7.55. The summed E-state index contributed by atoms with van der Waals surface area (Å²) in [6, 6.07) is 0.388. The van der Waals surface area contributed by atoms with Crippen molar-refractivity contribution in [1.82, 2.24) is 19.7 Å². The van der Waals surface area contributed by atoms with Gasteiger partial charge in [0.15, 0.2) is 17.4 Å². The lowest BCUT2D eigenvalue weighted by Crippen LogP contribution is -2.31. The van der Waals surface area contributed by atoms with Gasteiger partial charge in [-0.1, -0.05) is 11.6 Å². The highest BCUT2D eigenvalue weighted by Gasteiger charge is 2.34. The van der Waals surface area contributed by atoms with Crippen LogP contribution in [-0.4, -0.2) is 45.6 Å². The van der Waals surface area contributed by atoms with E-state index in [1.165, 1.54) is 6.42 Å². The minimum atomic E-state index is -0.0379. The van der Waals surface area contributed by atoms with E-state index in [9.17, 15) is 0 Å². The Morgan fingerprint density at radius 3 is 3.00 bits per heavy atom. The van der Waals surface area contributed by atoms with E-state index in [0.717, 1.165) is 30.1 Å². The van der Waals surface area contributed by atoms with Crippen LogP contribution in [0.4, 0.5) is 17.6 Å². The van der Waals surface area contributed by atoms with E-state index in [4.69, 9.17) is 26.2 Å². The van der Waals surface area contributed by atoms with Crippen LogP contribution < -0.4 is 15.4 Å². The number of aryl methyl sites for hydroxylation is 1. The molecule has 5 rings (SSSR count). The molecule has 0 unspecified atom stereocenters. The maximum atomic E-state index is 6.39. The first-order valence-electron chi connectivity index (χ1n) is 9.06. The van der Waals surface area contributed by atoms with Crippen molar-refractivity contribution in [2.45, 2.75) is 38.3 Å². The molecule has 26 heavy (non-hydrogen) atoms. The van der Waals surface area contributed by atoms with Gasteiger partial charge >= 0.3 is 0 Å². The Balaban J connectivity index is 1.61. The molecule has 0 spiro atoms. The third-order valence-electron chi connectivity index (χ3n) is 5.37. The lowest BCUT2D eigenvalue weighted by Gasteiger charge is -2.27. The van der Waals surface area contributed by atoms with Gasteiger partial charge in [-0.15, -0.1) is 0 Å². The summed E-state index contributed by atoms with van der Waals surface area (Å²) in [7, 11) is 0. The molecule has 1 saturated heterocycles. The summed E-state index contributed by atoms with van der Waals surface area (Å²) in [6.45, 7) is 3.86. The summed E-state index contributed by atoms with van der Waals surface area (Å²) in [6.07, 6.45) is 5.04. The number of hydrogen-bond donors (Lipinski definition) is 2. The first-order valence-corrected chi connectivity index (χ1v) is 9.44. The van der Waals surface area contributed by atoms with E-state index in [2.05, 4.69) is 20.6 Å². The molecule has 4 heterocycles. The third kappa shape index (κ3) is 2.68. The molecule has 0 amide bonds. The van der Waals surface area contributed by atoms with Gasteiger partial charge < -0.3 is 20.1 Å².